The van der Waals surface area contributed by atoms with Gasteiger partial charge in [-0.3, -0.25) is 13.9 Å². The number of carbonyl (C=O) groups is 2. The maximum absolute atomic E-state index is 14.1. The summed E-state index contributed by atoms with van der Waals surface area (Å²) in [5.74, 6) is -0.880. The number of halogens is 2. The van der Waals surface area contributed by atoms with Gasteiger partial charge in [-0.15, -0.1) is 0 Å². The summed E-state index contributed by atoms with van der Waals surface area (Å²) in [6.45, 7) is 7.40. The summed E-state index contributed by atoms with van der Waals surface area (Å²) < 4.78 is 29.2. The van der Waals surface area contributed by atoms with E-state index >= 15 is 0 Å². The van der Waals surface area contributed by atoms with Crippen molar-refractivity contribution in [2.75, 3.05) is 17.4 Å². The summed E-state index contributed by atoms with van der Waals surface area (Å²) in [5.41, 5.74) is 2.68. The molecule has 0 spiro atoms. The summed E-state index contributed by atoms with van der Waals surface area (Å²) in [6.07, 6.45) is 2.26. The number of anilines is 1. The van der Waals surface area contributed by atoms with Crippen LogP contribution in [0.2, 0.25) is 10.0 Å². The zero-order chi connectivity index (χ0) is 30.2. The quantitative estimate of drug-likeness (QED) is 0.225. The van der Waals surface area contributed by atoms with E-state index < -0.39 is 28.5 Å². The van der Waals surface area contributed by atoms with Gasteiger partial charge in [0.2, 0.25) is 11.8 Å². The molecule has 0 radical (unpaired) electrons. The van der Waals surface area contributed by atoms with Crippen LogP contribution in [0.25, 0.3) is 0 Å². The predicted octanol–water partition coefficient (Wildman–Crippen LogP) is 6.39. The van der Waals surface area contributed by atoms with Gasteiger partial charge in [0, 0.05) is 23.1 Å². The third-order valence-electron chi connectivity index (χ3n) is 6.88. The van der Waals surface area contributed by atoms with Crippen LogP contribution in [0.3, 0.4) is 0 Å². The standard InChI is InChI=1S/C31H37Cl2N3O4S/c1-5-7-18-34-31(38)23(4)35(20-25-14-15-26(32)19-28(25)33)30(37)21-36(29-11-9-8-10-24(29)6-2)41(39,40)27-16-12-22(3)13-17-27/h8-17,19,23H,5-7,18,20-21H2,1-4H3,(H,34,38)/t23-/m1/s1. The van der Waals surface area contributed by atoms with Crippen LogP contribution in [0, 0.1) is 6.92 Å². The van der Waals surface area contributed by atoms with Crippen molar-refractivity contribution in [2.45, 2.75) is 64.4 Å². The number of hydrogen-bond donors (Lipinski definition) is 1. The van der Waals surface area contributed by atoms with Crippen LogP contribution >= 0.6 is 23.2 Å². The average Bonchev–Trinajstić information content (AvgIpc) is 2.95. The molecule has 0 saturated heterocycles. The van der Waals surface area contributed by atoms with Crippen molar-refractivity contribution in [3.63, 3.8) is 0 Å². The van der Waals surface area contributed by atoms with Gasteiger partial charge in [0.05, 0.1) is 10.6 Å². The van der Waals surface area contributed by atoms with Gasteiger partial charge in [-0.25, -0.2) is 8.42 Å². The molecule has 3 aromatic carbocycles. The van der Waals surface area contributed by atoms with E-state index in [0.717, 1.165) is 28.3 Å². The molecule has 0 aliphatic rings. The summed E-state index contributed by atoms with van der Waals surface area (Å²) in [6, 6.07) is 17.6. The fraction of sp³-hybridized carbons (Fsp3) is 0.355. The highest BCUT2D eigenvalue weighted by Gasteiger charge is 2.33. The zero-order valence-electron chi connectivity index (χ0n) is 23.9. The van der Waals surface area contributed by atoms with Gasteiger partial charge in [0.25, 0.3) is 10.0 Å². The minimum atomic E-state index is -4.14. The highest BCUT2D eigenvalue weighted by atomic mass is 35.5. The maximum Gasteiger partial charge on any atom is 0.264 e. The lowest BCUT2D eigenvalue weighted by atomic mass is 10.1. The Balaban J connectivity index is 2.06. The Morgan fingerprint density at radius 2 is 1.63 bits per heavy atom. The number of para-hydroxylation sites is 1. The molecular weight excluding hydrogens is 581 g/mol. The first-order chi connectivity index (χ1) is 19.5. The first kappa shape index (κ1) is 32.4. The number of hydrogen-bond acceptors (Lipinski definition) is 4. The smallest absolute Gasteiger partial charge is 0.264 e. The number of nitrogens with zero attached hydrogens (tertiary/aromatic N) is 2. The van der Waals surface area contributed by atoms with Crippen LogP contribution in [0.15, 0.2) is 71.6 Å². The number of carbonyl (C=O) groups excluding carboxylic acids is 2. The summed E-state index contributed by atoms with van der Waals surface area (Å²) in [5, 5.41) is 3.65. The molecule has 3 rings (SSSR count). The van der Waals surface area contributed by atoms with E-state index in [1.165, 1.54) is 17.0 Å². The number of nitrogens with one attached hydrogen (secondary N) is 1. The molecule has 0 aromatic heterocycles. The first-order valence-electron chi connectivity index (χ1n) is 13.7. The van der Waals surface area contributed by atoms with E-state index in [-0.39, 0.29) is 17.3 Å². The van der Waals surface area contributed by atoms with Crippen molar-refractivity contribution in [3.8, 4) is 0 Å². The SMILES string of the molecule is CCCCNC(=O)[C@@H](C)N(Cc1ccc(Cl)cc1Cl)C(=O)CN(c1ccccc1CC)S(=O)(=O)c1ccc(C)cc1. The molecule has 10 heteroatoms. The molecule has 7 nitrogen and oxygen atoms in total. The normalized spacial score (nSPS) is 12.0. The maximum atomic E-state index is 14.1. The van der Waals surface area contributed by atoms with Gasteiger partial charge in [0.15, 0.2) is 0 Å². The first-order valence-corrected chi connectivity index (χ1v) is 15.9. The van der Waals surface area contributed by atoms with Gasteiger partial charge in [-0.05, 0) is 68.1 Å². The number of aryl methyl sites for hydroxylation is 2. The van der Waals surface area contributed by atoms with Gasteiger partial charge < -0.3 is 10.2 Å². The third kappa shape index (κ3) is 8.24. The van der Waals surface area contributed by atoms with Crippen LogP contribution in [0.1, 0.15) is 50.3 Å². The van der Waals surface area contributed by atoms with Crippen molar-refractivity contribution in [1.29, 1.82) is 0 Å². The van der Waals surface area contributed by atoms with Crippen LogP contribution in [0.5, 0.6) is 0 Å². The average molecular weight is 619 g/mol. The van der Waals surface area contributed by atoms with E-state index in [9.17, 15) is 18.0 Å². The molecule has 1 atom stereocenters. The Morgan fingerprint density at radius 3 is 2.27 bits per heavy atom. The summed E-state index contributed by atoms with van der Waals surface area (Å²) in [7, 11) is -4.14. The molecular formula is C31H37Cl2N3O4S. The minimum absolute atomic E-state index is 0.00889. The minimum Gasteiger partial charge on any atom is -0.354 e. The lowest BCUT2D eigenvalue weighted by Gasteiger charge is -2.32. The van der Waals surface area contributed by atoms with Gasteiger partial charge in [-0.1, -0.05) is 85.4 Å². The summed E-state index contributed by atoms with van der Waals surface area (Å²) >= 11 is 12.5. The zero-order valence-corrected chi connectivity index (χ0v) is 26.2. The third-order valence-corrected chi connectivity index (χ3v) is 9.24. The van der Waals surface area contributed by atoms with Crippen molar-refractivity contribution in [2.24, 2.45) is 0 Å². The molecule has 1 N–H and O–H groups in total. The van der Waals surface area contributed by atoms with Crippen molar-refractivity contribution >= 4 is 50.7 Å². The molecule has 3 aromatic rings. The number of amides is 2. The Hall–Kier alpha value is -3.07. The van der Waals surface area contributed by atoms with E-state index in [2.05, 4.69) is 5.32 Å². The molecule has 0 saturated carbocycles. The number of unbranched alkanes of at least 4 members (excludes halogenated alkanes) is 1. The molecule has 2 amide bonds. The second-order valence-electron chi connectivity index (χ2n) is 9.88. The molecule has 0 heterocycles. The lowest BCUT2D eigenvalue weighted by molar-refractivity contribution is -0.139. The molecule has 220 valence electrons. The molecule has 0 fully saturated rings. The van der Waals surface area contributed by atoms with Crippen molar-refractivity contribution < 1.29 is 18.0 Å². The lowest BCUT2D eigenvalue weighted by Crippen LogP contribution is -2.51. The highest BCUT2D eigenvalue weighted by Crippen LogP contribution is 2.29. The van der Waals surface area contributed by atoms with Crippen LogP contribution < -0.4 is 9.62 Å². The van der Waals surface area contributed by atoms with Crippen LogP contribution in [-0.4, -0.2) is 44.3 Å². The molecule has 0 unspecified atom stereocenters. The number of benzene rings is 3. The second kappa shape index (κ2) is 14.7. The van der Waals surface area contributed by atoms with Crippen LogP contribution in [-0.2, 0) is 32.6 Å². The number of sulfonamides is 1. The Kier molecular flexibility index (Phi) is 11.6. The van der Waals surface area contributed by atoms with Gasteiger partial charge >= 0.3 is 0 Å². The van der Waals surface area contributed by atoms with Crippen molar-refractivity contribution in [3.05, 3.63) is 93.5 Å². The Labute approximate surface area is 253 Å². The fourth-order valence-electron chi connectivity index (χ4n) is 4.36. The second-order valence-corrected chi connectivity index (χ2v) is 12.6. The van der Waals surface area contributed by atoms with Crippen LogP contribution in [0.4, 0.5) is 5.69 Å². The summed E-state index contributed by atoms with van der Waals surface area (Å²) in [4.78, 5) is 28.6. The fourth-order valence-corrected chi connectivity index (χ4v) is 6.28. The van der Waals surface area contributed by atoms with E-state index in [1.54, 1.807) is 49.4 Å². The van der Waals surface area contributed by atoms with E-state index in [4.69, 9.17) is 23.2 Å². The molecule has 0 aliphatic heterocycles. The highest BCUT2D eigenvalue weighted by molar-refractivity contribution is 7.92. The molecule has 0 bridgehead atoms. The molecule has 0 aliphatic carbocycles. The van der Waals surface area contributed by atoms with E-state index in [1.807, 2.05) is 32.9 Å². The largest absolute Gasteiger partial charge is 0.354 e. The Morgan fingerprint density at radius 1 is 0.951 bits per heavy atom. The van der Waals surface area contributed by atoms with Gasteiger partial charge in [0.1, 0.15) is 12.6 Å². The predicted molar refractivity (Wildman–Crippen MR) is 166 cm³/mol. The monoisotopic (exact) mass is 617 g/mol. The van der Waals surface area contributed by atoms with Crippen molar-refractivity contribution in [1.82, 2.24) is 10.2 Å². The van der Waals surface area contributed by atoms with Gasteiger partial charge in [-0.2, -0.15) is 0 Å². The topological polar surface area (TPSA) is 86.8 Å². The Bertz CT molecular complexity index is 1460. The number of rotatable bonds is 13. The van der Waals surface area contributed by atoms with E-state index in [0.29, 0.717) is 34.3 Å². The molecule has 41 heavy (non-hydrogen) atoms.